The van der Waals surface area contributed by atoms with Gasteiger partial charge in [-0.15, -0.1) is 0 Å². The van der Waals surface area contributed by atoms with Gasteiger partial charge in [-0.05, 0) is 37.8 Å². The van der Waals surface area contributed by atoms with Crippen LogP contribution in [0.2, 0.25) is 0 Å². The lowest BCUT2D eigenvalue weighted by atomic mass is 9.93. The summed E-state index contributed by atoms with van der Waals surface area (Å²) in [5, 5.41) is 9.81. The number of aryl methyl sites for hydroxylation is 1. The second-order valence-electron chi connectivity index (χ2n) is 7.35. The monoisotopic (exact) mass is 374 g/mol. The van der Waals surface area contributed by atoms with Crippen LogP contribution < -0.4 is 0 Å². The fourth-order valence-electron chi connectivity index (χ4n) is 3.18. The number of aliphatic hydroxyl groups excluding tert-OH is 1. The number of aliphatic hydroxyl groups is 1. The van der Waals surface area contributed by atoms with Gasteiger partial charge < -0.3 is 14.6 Å². The van der Waals surface area contributed by atoms with Crippen molar-refractivity contribution in [2.24, 2.45) is 5.92 Å². The minimum absolute atomic E-state index is 0.162. The molecule has 5 nitrogen and oxygen atoms in total. The summed E-state index contributed by atoms with van der Waals surface area (Å²) in [6.07, 6.45) is 6.42. The van der Waals surface area contributed by atoms with Gasteiger partial charge in [0.05, 0.1) is 12.2 Å². The molecule has 0 radical (unpaired) electrons. The zero-order valence-electron chi connectivity index (χ0n) is 16.5. The first-order valence-corrected chi connectivity index (χ1v) is 9.71. The van der Waals surface area contributed by atoms with Crippen LogP contribution in [0.25, 0.3) is 0 Å². The van der Waals surface area contributed by atoms with Crippen LogP contribution >= 0.6 is 0 Å². The summed E-state index contributed by atoms with van der Waals surface area (Å²) in [6.45, 7) is 5.63. The van der Waals surface area contributed by atoms with Crippen molar-refractivity contribution in [1.29, 1.82) is 0 Å². The van der Waals surface area contributed by atoms with Gasteiger partial charge in [-0.1, -0.05) is 50.5 Å². The maximum Gasteiger partial charge on any atom is 0.338 e. The summed E-state index contributed by atoms with van der Waals surface area (Å²) in [7, 11) is 0. The molecule has 5 heteroatoms. The van der Waals surface area contributed by atoms with Gasteiger partial charge in [0.25, 0.3) is 0 Å². The number of rotatable bonds is 9. The molecule has 0 spiro atoms. The molecule has 1 aliphatic rings. The zero-order chi connectivity index (χ0) is 19.9. The molecule has 0 aromatic heterocycles. The Morgan fingerprint density at radius 2 is 2.04 bits per heavy atom. The van der Waals surface area contributed by atoms with E-state index in [9.17, 15) is 14.7 Å². The molecule has 0 saturated carbocycles. The van der Waals surface area contributed by atoms with E-state index in [1.807, 2.05) is 25.1 Å². The molecular weight excluding hydrogens is 344 g/mol. The van der Waals surface area contributed by atoms with Crippen LogP contribution in [0, 0.1) is 12.8 Å². The van der Waals surface area contributed by atoms with Gasteiger partial charge in [-0.25, -0.2) is 9.59 Å². The van der Waals surface area contributed by atoms with Gasteiger partial charge in [0, 0.05) is 12.0 Å². The minimum atomic E-state index is -1.19. The number of hydrogen-bond acceptors (Lipinski definition) is 5. The highest BCUT2D eigenvalue weighted by Crippen LogP contribution is 2.33. The molecule has 1 aromatic rings. The van der Waals surface area contributed by atoms with E-state index < -0.39 is 17.5 Å². The molecule has 2 unspecified atom stereocenters. The van der Waals surface area contributed by atoms with Gasteiger partial charge in [-0.3, -0.25) is 0 Å². The molecule has 1 heterocycles. The fraction of sp³-hybridized carbons (Fsp3) is 0.545. The van der Waals surface area contributed by atoms with E-state index in [2.05, 4.69) is 13.8 Å². The second-order valence-corrected chi connectivity index (χ2v) is 7.35. The highest BCUT2D eigenvalue weighted by atomic mass is 16.6. The summed E-state index contributed by atoms with van der Waals surface area (Å²) < 4.78 is 10.8. The van der Waals surface area contributed by atoms with E-state index in [1.165, 1.54) is 0 Å². The Morgan fingerprint density at radius 3 is 2.63 bits per heavy atom. The lowest BCUT2D eigenvalue weighted by Gasteiger charge is -2.24. The molecular formula is C22H30O5. The van der Waals surface area contributed by atoms with Crippen molar-refractivity contribution in [3.05, 3.63) is 47.0 Å². The molecule has 2 rings (SSSR count). The van der Waals surface area contributed by atoms with Crippen molar-refractivity contribution >= 4 is 11.9 Å². The SMILES string of the molecule is CCCCC(/C=C1/CC(CO)(COC(=O)c2ccc(C)cc2)OC1=O)CC. The van der Waals surface area contributed by atoms with E-state index in [0.717, 1.165) is 31.2 Å². The Hall–Kier alpha value is -2.14. The van der Waals surface area contributed by atoms with E-state index >= 15 is 0 Å². The van der Waals surface area contributed by atoms with Crippen molar-refractivity contribution in [3.63, 3.8) is 0 Å². The lowest BCUT2D eigenvalue weighted by molar-refractivity contribution is -0.154. The third kappa shape index (κ3) is 5.67. The quantitative estimate of drug-likeness (QED) is 0.523. The molecule has 1 N–H and O–H groups in total. The Balaban J connectivity index is 2.03. The van der Waals surface area contributed by atoms with Crippen LogP contribution in [0.4, 0.5) is 0 Å². The Kier molecular flexibility index (Phi) is 7.60. The van der Waals surface area contributed by atoms with Gasteiger partial charge in [0.1, 0.15) is 6.61 Å². The molecule has 1 aromatic carbocycles. The number of benzene rings is 1. The van der Waals surface area contributed by atoms with Crippen LogP contribution in [0.1, 0.15) is 61.9 Å². The van der Waals surface area contributed by atoms with E-state index in [4.69, 9.17) is 9.47 Å². The Labute approximate surface area is 161 Å². The summed E-state index contributed by atoms with van der Waals surface area (Å²) in [5.41, 5.74) is 0.857. The molecule has 1 saturated heterocycles. The molecule has 27 heavy (non-hydrogen) atoms. The fourth-order valence-corrected chi connectivity index (χ4v) is 3.18. The molecule has 1 fully saturated rings. The number of allylic oxidation sites excluding steroid dienone is 1. The third-order valence-corrected chi connectivity index (χ3v) is 5.02. The minimum Gasteiger partial charge on any atom is -0.458 e. The molecule has 0 aliphatic carbocycles. The van der Waals surface area contributed by atoms with Gasteiger partial charge in [0.15, 0.2) is 5.60 Å². The van der Waals surface area contributed by atoms with Gasteiger partial charge in [0.2, 0.25) is 0 Å². The van der Waals surface area contributed by atoms with Crippen molar-refractivity contribution in [2.45, 2.75) is 58.5 Å². The van der Waals surface area contributed by atoms with Gasteiger partial charge >= 0.3 is 11.9 Å². The van der Waals surface area contributed by atoms with Gasteiger partial charge in [-0.2, -0.15) is 0 Å². The largest absolute Gasteiger partial charge is 0.458 e. The predicted molar refractivity (Wildman–Crippen MR) is 103 cm³/mol. The number of hydrogen-bond donors (Lipinski definition) is 1. The highest BCUT2D eigenvalue weighted by molar-refractivity contribution is 5.92. The number of cyclic esters (lactones) is 1. The van der Waals surface area contributed by atoms with Crippen LogP contribution in [-0.4, -0.2) is 35.9 Å². The topological polar surface area (TPSA) is 72.8 Å². The smallest absolute Gasteiger partial charge is 0.338 e. The Morgan fingerprint density at radius 1 is 1.33 bits per heavy atom. The summed E-state index contributed by atoms with van der Waals surface area (Å²) in [5.74, 6) is -0.604. The molecule has 148 valence electrons. The maximum atomic E-state index is 12.3. The summed E-state index contributed by atoms with van der Waals surface area (Å²) >= 11 is 0. The third-order valence-electron chi connectivity index (χ3n) is 5.02. The highest BCUT2D eigenvalue weighted by Gasteiger charge is 2.44. The Bertz CT molecular complexity index is 676. The molecule has 0 amide bonds. The van der Waals surface area contributed by atoms with Crippen molar-refractivity contribution in [1.82, 2.24) is 0 Å². The van der Waals surface area contributed by atoms with Crippen LogP contribution in [0.15, 0.2) is 35.9 Å². The summed E-state index contributed by atoms with van der Waals surface area (Å²) in [4.78, 5) is 24.5. The number of carbonyl (C=O) groups is 2. The van der Waals surface area contributed by atoms with Crippen LogP contribution in [0.3, 0.4) is 0 Å². The molecule has 0 bridgehead atoms. The average molecular weight is 374 g/mol. The van der Waals surface area contributed by atoms with Crippen molar-refractivity contribution in [3.8, 4) is 0 Å². The van der Waals surface area contributed by atoms with Crippen molar-refractivity contribution < 1.29 is 24.2 Å². The first-order chi connectivity index (χ1) is 12.9. The maximum absolute atomic E-state index is 12.3. The normalized spacial score (nSPS) is 21.9. The predicted octanol–water partition coefficient (Wildman–Crippen LogP) is 3.97. The standard InChI is InChI=1S/C22H30O5/c1-4-6-7-17(5-2)12-19-13-22(14-23,27-21(19)25)15-26-20(24)18-10-8-16(3)9-11-18/h8-12,17,23H,4-7,13-15H2,1-3H3/b19-12-. The zero-order valence-corrected chi connectivity index (χ0v) is 16.5. The van der Waals surface area contributed by atoms with Crippen LogP contribution in [0.5, 0.6) is 0 Å². The van der Waals surface area contributed by atoms with Crippen LogP contribution in [-0.2, 0) is 14.3 Å². The molecule has 2 atom stereocenters. The average Bonchev–Trinajstić information content (AvgIpc) is 2.99. The lowest BCUT2D eigenvalue weighted by Crippen LogP contribution is -2.39. The second kappa shape index (κ2) is 9.70. The number of esters is 2. The first-order valence-electron chi connectivity index (χ1n) is 9.71. The summed E-state index contributed by atoms with van der Waals surface area (Å²) in [6, 6.07) is 7.04. The first kappa shape index (κ1) is 21.2. The number of ether oxygens (including phenoxy) is 2. The van der Waals surface area contributed by atoms with E-state index in [1.54, 1.807) is 12.1 Å². The van der Waals surface area contributed by atoms with E-state index in [0.29, 0.717) is 17.1 Å². The number of unbranched alkanes of at least 4 members (excludes halogenated alkanes) is 1. The van der Waals surface area contributed by atoms with Crippen molar-refractivity contribution in [2.75, 3.05) is 13.2 Å². The van der Waals surface area contributed by atoms with E-state index in [-0.39, 0.29) is 19.6 Å². The number of carbonyl (C=O) groups excluding carboxylic acids is 2. The molecule has 1 aliphatic heterocycles.